The lowest BCUT2D eigenvalue weighted by Crippen LogP contribution is -2.46. The molecule has 0 aliphatic carbocycles. The molecule has 26 heavy (non-hydrogen) atoms. The van der Waals surface area contributed by atoms with Gasteiger partial charge in [0.25, 0.3) is 0 Å². The summed E-state index contributed by atoms with van der Waals surface area (Å²) < 4.78 is 5.32. The number of carbonyl (C=O) groups excluding carboxylic acids is 1. The molecule has 0 saturated carbocycles. The van der Waals surface area contributed by atoms with Gasteiger partial charge in [0.15, 0.2) is 0 Å². The van der Waals surface area contributed by atoms with Crippen molar-refractivity contribution in [3.05, 3.63) is 33.6 Å². The normalized spacial score (nSPS) is 24.5. The fourth-order valence-corrected chi connectivity index (χ4v) is 5.11. The molecular weight excluding hydrogens is 348 g/mol. The first-order valence-electron chi connectivity index (χ1n) is 9.40. The zero-order chi connectivity index (χ0) is 18.1. The van der Waals surface area contributed by atoms with Gasteiger partial charge in [0.1, 0.15) is 10.8 Å². The number of nitrogens with zero attached hydrogens (tertiary/aromatic N) is 4. The third-order valence-corrected chi connectivity index (χ3v) is 6.79. The highest BCUT2D eigenvalue weighted by Crippen LogP contribution is 2.40. The van der Waals surface area contributed by atoms with E-state index in [2.05, 4.69) is 19.9 Å². The minimum absolute atomic E-state index is 0.00907. The lowest BCUT2D eigenvalue weighted by Gasteiger charge is -2.38. The average Bonchev–Trinajstić information content (AvgIpc) is 3.27. The molecule has 2 saturated heterocycles. The maximum Gasteiger partial charge on any atom is 0.223 e. The Morgan fingerprint density at radius 3 is 2.85 bits per heavy atom. The van der Waals surface area contributed by atoms with E-state index < -0.39 is 0 Å². The van der Waals surface area contributed by atoms with Crippen molar-refractivity contribution in [3.63, 3.8) is 0 Å². The molecule has 2 aromatic rings. The number of carbonyl (C=O) groups is 1. The van der Waals surface area contributed by atoms with Crippen LogP contribution in [0.2, 0.25) is 0 Å². The lowest BCUT2D eigenvalue weighted by atomic mass is 9.87. The van der Waals surface area contributed by atoms with Crippen molar-refractivity contribution in [2.75, 3.05) is 13.1 Å². The quantitative estimate of drug-likeness (QED) is 0.822. The van der Waals surface area contributed by atoms with Gasteiger partial charge in [0, 0.05) is 35.6 Å². The highest BCUT2D eigenvalue weighted by molar-refractivity contribution is 7.09. The third kappa shape index (κ3) is 3.30. The van der Waals surface area contributed by atoms with E-state index in [4.69, 9.17) is 4.52 Å². The summed E-state index contributed by atoms with van der Waals surface area (Å²) in [5.41, 5.74) is 1.96. The minimum Gasteiger partial charge on any atom is -0.361 e. The standard InChI is InChI=1S/C19H26N4O2S/c1-14-16(15(2)25-21-14)12-23-18(24)4-6-19(23)5-3-9-22(10-7-19)13-17-20-8-11-26-17/h8,11H,3-7,9-10,12-13H2,1-2H3/t19-/m1/s1. The Morgan fingerprint density at radius 1 is 1.23 bits per heavy atom. The predicted molar refractivity (Wildman–Crippen MR) is 99.7 cm³/mol. The van der Waals surface area contributed by atoms with E-state index >= 15 is 0 Å². The number of amides is 1. The van der Waals surface area contributed by atoms with Crippen LogP contribution >= 0.6 is 11.3 Å². The SMILES string of the molecule is Cc1noc(C)c1CN1C(=O)CC[C@@]12CCCN(Cc1nccs1)CC2. The summed E-state index contributed by atoms with van der Waals surface area (Å²) in [5, 5.41) is 7.28. The molecule has 0 bridgehead atoms. The van der Waals surface area contributed by atoms with E-state index in [1.165, 1.54) is 5.01 Å². The van der Waals surface area contributed by atoms with Gasteiger partial charge in [-0.3, -0.25) is 9.69 Å². The monoisotopic (exact) mass is 374 g/mol. The second-order valence-electron chi connectivity index (χ2n) is 7.56. The average molecular weight is 375 g/mol. The van der Waals surface area contributed by atoms with Gasteiger partial charge in [-0.25, -0.2) is 4.98 Å². The highest BCUT2D eigenvalue weighted by Gasteiger charge is 2.46. The van der Waals surface area contributed by atoms with Crippen molar-refractivity contribution in [1.29, 1.82) is 0 Å². The smallest absolute Gasteiger partial charge is 0.223 e. The van der Waals surface area contributed by atoms with Gasteiger partial charge >= 0.3 is 0 Å². The summed E-state index contributed by atoms with van der Waals surface area (Å²) in [6.07, 6.45) is 6.75. The summed E-state index contributed by atoms with van der Waals surface area (Å²) in [6.45, 7) is 7.55. The van der Waals surface area contributed by atoms with Crippen LogP contribution in [0.15, 0.2) is 16.1 Å². The van der Waals surface area contributed by atoms with Gasteiger partial charge in [-0.1, -0.05) is 5.16 Å². The number of rotatable bonds is 4. The Labute approximate surface area is 158 Å². The number of hydrogen-bond donors (Lipinski definition) is 0. The van der Waals surface area contributed by atoms with E-state index in [1.807, 2.05) is 25.4 Å². The van der Waals surface area contributed by atoms with Crippen LogP contribution in [0, 0.1) is 13.8 Å². The summed E-state index contributed by atoms with van der Waals surface area (Å²) in [7, 11) is 0. The largest absolute Gasteiger partial charge is 0.361 e. The number of thiazole rings is 1. The molecule has 6 nitrogen and oxygen atoms in total. The Morgan fingerprint density at radius 2 is 2.12 bits per heavy atom. The molecule has 4 heterocycles. The highest BCUT2D eigenvalue weighted by atomic mass is 32.1. The first-order valence-corrected chi connectivity index (χ1v) is 10.3. The molecule has 0 N–H and O–H groups in total. The third-order valence-electron chi connectivity index (χ3n) is 6.03. The van der Waals surface area contributed by atoms with Crippen LogP contribution in [0.25, 0.3) is 0 Å². The molecule has 2 fully saturated rings. The van der Waals surface area contributed by atoms with Crippen molar-refractivity contribution in [2.45, 2.75) is 64.6 Å². The molecule has 0 aromatic carbocycles. The molecule has 7 heteroatoms. The van der Waals surface area contributed by atoms with Crippen LogP contribution < -0.4 is 0 Å². The van der Waals surface area contributed by atoms with Crippen LogP contribution in [-0.2, 0) is 17.9 Å². The summed E-state index contributed by atoms with van der Waals surface area (Å²) >= 11 is 1.72. The summed E-state index contributed by atoms with van der Waals surface area (Å²) in [4.78, 5) is 21.7. The molecule has 0 radical (unpaired) electrons. The second kappa shape index (κ2) is 7.12. The first-order chi connectivity index (χ1) is 12.6. The molecule has 1 amide bonds. The number of aryl methyl sites for hydroxylation is 2. The maximum atomic E-state index is 12.7. The van der Waals surface area contributed by atoms with E-state index in [0.29, 0.717) is 13.0 Å². The van der Waals surface area contributed by atoms with Crippen molar-refractivity contribution in [3.8, 4) is 0 Å². The van der Waals surface area contributed by atoms with Gasteiger partial charge in [-0.15, -0.1) is 11.3 Å². The number of likely N-dealkylation sites (tertiary alicyclic amines) is 2. The second-order valence-corrected chi connectivity index (χ2v) is 8.54. The summed E-state index contributed by atoms with van der Waals surface area (Å²) in [6, 6.07) is 0. The Hall–Kier alpha value is -1.73. The van der Waals surface area contributed by atoms with E-state index in [1.54, 1.807) is 11.3 Å². The molecule has 1 atom stereocenters. The van der Waals surface area contributed by atoms with Gasteiger partial charge in [-0.05, 0) is 46.1 Å². The number of hydrogen-bond acceptors (Lipinski definition) is 6. The van der Waals surface area contributed by atoms with Crippen LogP contribution in [0.3, 0.4) is 0 Å². The van der Waals surface area contributed by atoms with Crippen LogP contribution in [0.5, 0.6) is 0 Å². The zero-order valence-electron chi connectivity index (χ0n) is 15.5. The predicted octanol–water partition coefficient (Wildman–Crippen LogP) is 3.30. The molecule has 0 unspecified atom stereocenters. The molecule has 2 aliphatic heterocycles. The fourth-order valence-electron chi connectivity index (χ4n) is 4.45. The fraction of sp³-hybridized carbons (Fsp3) is 0.632. The molecule has 2 aliphatic rings. The number of aromatic nitrogens is 2. The lowest BCUT2D eigenvalue weighted by molar-refractivity contribution is -0.132. The van der Waals surface area contributed by atoms with Crippen molar-refractivity contribution >= 4 is 17.2 Å². The van der Waals surface area contributed by atoms with Gasteiger partial charge < -0.3 is 9.42 Å². The summed E-state index contributed by atoms with van der Waals surface area (Å²) in [5.74, 6) is 1.11. The maximum absolute atomic E-state index is 12.7. The van der Waals surface area contributed by atoms with Crippen molar-refractivity contribution < 1.29 is 9.32 Å². The van der Waals surface area contributed by atoms with E-state index in [9.17, 15) is 4.79 Å². The molecule has 1 spiro atoms. The zero-order valence-corrected chi connectivity index (χ0v) is 16.3. The van der Waals surface area contributed by atoms with Crippen LogP contribution in [0.4, 0.5) is 0 Å². The Kier molecular flexibility index (Phi) is 4.84. The van der Waals surface area contributed by atoms with E-state index in [-0.39, 0.29) is 11.4 Å². The minimum atomic E-state index is -0.00907. The molecule has 4 rings (SSSR count). The van der Waals surface area contributed by atoms with Gasteiger partial charge in [0.05, 0.1) is 18.8 Å². The topological polar surface area (TPSA) is 62.5 Å². The molecular formula is C19H26N4O2S. The molecule has 2 aromatic heterocycles. The first kappa shape index (κ1) is 17.7. The van der Waals surface area contributed by atoms with E-state index in [0.717, 1.165) is 62.3 Å². The van der Waals surface area contributed by atoms with Gasteiger partial charge in [-0.2, -0.15) is 0 Å². The Balaban J connectivity index is 1.49. The Bertz CT molecular complexity index is 753. The van der Waals surface area contributed by atoms with Crippen LogP contribution in [0.1, 0.15) is 54.1 Å². The van der Waals surface area contributed by atoms with Crippen LogP contribution in [-0.4, -0.2) is 44.5 Å². The van der Waals surface area contributed by atoms with Gasteiger partial charge in [0.2, 0.25) is 5.91 Å². The molecule has 140 valence electrons. The van der Waals surface area contributed by atoms with Crippen molar-refractivity contribution in [2.24, 2.45) is 0 Å². The van der Waals surface area contributed by atoms with Crippen molar-refractivity contribution in [1.82, 2.24) is 19.9 Å².